The molecule has 2 aliphatic rings. The number of hydrogen-bond acceptors (Lipinski definition) is 16. The number of esters is 3. The van der Waals surface area contributed by atoms with Crippen molar-refractivity contribution in [1.82, 2.24) is 0 Å². The minimum atomic E-state index is -4.53. The summed E-state index contributed by atoms with van der Waals surface area (Å²) in [4.78, 5) is 43.1. The first-order valence-corrected chi connectivity index (χ1v) is 30.7. The van der Waals surface area contributed by atoms with E-state index in [0.29, 0.717) is 6.61 Å². The summed E-state index contributed by atoms with van der Waals surface area (Å²) in [5.74, 6) is -2.68. The van der Waals surface area contributed by atoms with Crippen LogP contribution in [0.25, 0.3) is 0 Å². The van der Waals surface area contributed by atoms with E-state index in [4.69, 9.17) is 51.6 Å². The molecule has 0 aromatic heterocycles. The lowest BCUT2D eigenvalue weighted by Crippen LogP contribution is -2.64. The molecule has 0 amide bonds. The van der Waals surface area contributed by atoms with E-state index in [1.807, 2.05) is 97.9 Å². The fraction of sp³-hybridized carbons (Fsp3) is 0.348. The Kier molecular flexibility index (Phi) is 23.7. The number of ether oxygens (including phenoxy) is 10. The minimum absolute atomic E-state index is 0.0964. The summed E-state index contributed by atoms with van der Waals surface area (Å²) >= 11 is 0. The van der Waals surface area contributed by atoms with Gasteiger partial charge >= 0.3 is 17.9 Å². The standard InChI is InChI=1S/C69H74O16S/c1-3-4-5-6-7-26-43-75-68-63(78-46-52-31-18-10-19-32-52)61(77-45-51-29-16-9-17-30-51)59(76-44-50-27-14-8-15-28-50)57(81-68)47-79-69-64(85-67(72)55-37-24-13-25-38-55)62(84-66(71)54-35-22-12-23-36-54)60(83-65(70)53-33-20-11-21-34-53)58(82-69)48-80-86(73,74)56-41-39-49(2)40-42-56/h8-25,27-42,57-64,68-69H,3-7,26,43-48H2,1-2H3/t57-,58-,59-,60-,61+,62+,63+,64+,68+,69+/m1/s1. The first-order valence-electron chi connectivity index (χ1n) is 29.3. The molecule has 2 aliphatic heterocycles. The zero-order chi connectivity index (χ0) is 59.9. The third kappa shape index (κ3) is 18.1. The van der Waals surface area contributed by atoms with Gasteiger partial charge in [-0.25, -0.2) is 14.4 Å². The van der Waals surface area contributed by atoms with Gasteiger partial charge in [-0.1, -0.05) is 202 Å². The fourth-order valence-electron chi connectivity index (χ4n) is 10.1. The molecule has 7 aromatic rings. The van der Waals surface area contributed by atoms with Crippen LogP contribution in [0.5, 0.6) is 0 Å². The predicted molar refractivity (Wildman–Crippen MR) is 319 cm³/mol. The van der Waals surface area contributed by atoms with Crippen LogP contribution in [0.3, 0.4) is 0 Å². The maximum Gasteiger partial charge on any atom is 0.338 e. The summed E-state index contributed by atoms with van der Waals surface area (Å²) in [5, 5.41) is 0. The highest BCUT2D eigenvalue weighted by molar-refractivity contribution is 7.86. The summed E-state index contributed by atoms with van der Waals surface area (Å²) in [6.45, 7) is 3.52. The average molecular weight is 1190 g/mol. The first kappa shape index (κ1) is 63.1. The van der Waals surface area contributed by atoms with Gasteiger partial charge in [-0.2, -0.15) is 8.42 Å². The molecule has 7 aromatic carbocycles. The molecule has 0 aliphatic carbocycles. The normalized spacial score (nSPS) is 22.1. The van der Waals surface area contributed by atoms with E-state index in [1.165, 1.54) is 48.5 Å². The Morgan fingerprint density at radius 1 is 0.395 bits per heavy atom. The van der Waals surface area contributed by atoms with Gasteiger partial charge in [0.15, 0.2) is 30.9 Å². The lowest BCUT2D eigenvalue weighted by molar-refractivity contribution is -0.343. The van der Waals surface area contributed by atoms with Gasteiger partial charge in [0.05, 0.1) is 54.6 Å². The maximum absolute atomic E-state index is 14.5. The second-order valence-electron chi connectivity index (χ2n) is 21.1. The molecule has 0 N–H and O–H groups in total. The van der Waals surface area contributed by atoms with Crippen LogP contribution < -0.4 is 0 Å². The third-order valence-electron chi connectivity index (χ3n) is 14.7. The number of hydrogen-bond donors (Lipinski definition) is 0. The summed E-state index contributed by atoms with van der Waals surface area (Å²) < 4.78 is 101. The smallest absolute Gasteiger partial charge is 0.338 e. The second-order valence-corrected chi connectivity index (χ2v) is 22.7. The number of carbonyl (C=O) groups is 3. The largest absolute Gasteiger partial charge is 0.452 e. The van der Waals surface area contributed by atoms with Gasteiger partial charge in [0.1, 0.15) is 30.5 Å². The zero-order valence-corrected chi connectivity index (χ0v) is 49.1. The number of carbonyl (C=O) groups excluding carboxylic acids is 3. The van der Waals surface area contributed by atoms with Crippen LogP contribution in [-0.4, -0.2) is 108 Å². The second kappa shape index (κ2) is 32.4. The number of rotatable bonds is 30. The van der Waals surface area contributed by atoms with Crippen LogP contribution in [0.15, 0.2) is 211 Å². The molecule has 86 heavy (non-hydrogen) atoms. The van der Waals surface area contributed by atoms with E-state index in [1.54, 1.807) is 66.7 Å². The van der Waals surface area contributed by atoms with Crippen molar-refractivity contribution in [3.05, 3.63) is 245 Å². The highest BCUT2D eigenvalue weighted by Crippen LogP contribution is 2.36. The first-order chi connectivity index (χ1) is 42.0. The van der Waals surface area contributed by atoms with E-state index in [2.05, 4.69) is 6.92 Å². The fourth-order valence-corrected chi connectivity index (χ4v) is 11.0. The topological polar surface area (TPSA) is 187 Å². The van der Waals surface area contributed by atoms with Gasteiger partial charge in [0.25, 0.3) is 10.1 Å². The van der Waals surface area contributed by atoms with Crippen molar-refractivity contribution < 1.29 is 74.4 Å². The van der Waals surface area contributed by atoms with E-state index in [9.17, 15) is 22.8 Å². The molecule has 0 saturated carbocycles. The monoisotopic (exact) mass is 1190 g/mol. The third-order valence-corrected chi connectivity index (χ3v) is 16.0. The molecule has 10 atom stereocenters. The van der Waals surface area contributed by atoms with Crippen LogP contribution in [0.1, 0.15) is 98.8 Å². The summed E-state index contributed by atoms with van der Waals surface area (Å²) in [6, 6.07) is 59.2. The molecule has 0 radical (unpaired) electrons. The number of unbranched alkanes of at least 4 members (excludes halogenated alkanes) is 5. The van der Waals surface area contributed by atoms with Gasteiger partial charge < -0.3 is 47.4 Å². The van der Waals surface area contributed by atoms with Crippen molar-refractivity contribution in [2.45, 2.75) is 139 Å². The molecule has 2 heterocycles. The van der Waals surface area contributed by atoms with Crippen molar-refractivity contribution in [2.75, 3.05) is 19.8 Å². The molecular formula is C69H74O16S. The number of benzene rings is 7. The summed E-state index contributed by atoms with van der Waals surface area (Å²) in [7, 11) is -4.53. The lowest BCUT2D eigenvalue weighted by Gasteiger charge is -2.47. The molecule has 0 unspecified atom stereocenters. The van der Waals surface area contributed by atoms with Crippen LogP contribution in [-0.2, 0) is 81.5 Å². The van der Waals surface area contributed by atoms with Crippen LogP contribution in [0, 0.1) is 6.92 Å². The minimum Gasteiger partial charge on any atom is -0.452 e. The van der Waals surface area contributed by atoms with Gasteiger partial charge in [-0.15, -0.1) is 0 Å². The predicted octanol–water partition coefficient (Wildman–Crippen LogP) is 12.0. The Labute approximate surface area is 503 Å². The van der Waals surface area contributed by atoms with Crippen LogP contribution in [0.2, 0.25) is 0 Å². The Morgan fingerprint density at radius 2 is 0.791 bits per heavy atom. The highest BCUT2D eigenvalue weighted by atomic mass is 32.2. The molecule has 16 nitrogen and oxygen atoms in total. The van der Waals surface area contributed by atoms with Gasteiger partial charge in [-0.05, 0) is 78.6 Å². The maximum atomic E-state index is 14.5. The average Bonchev–Trinajstić information content (AvgIpc) is 3.14. The summed E-state index contributed by atoms with van der Waals surface area (Å²) in [5.41, 5.74) is 3.76. The SMILES string of the molecule is CCCCCCCCO[C@H]1O[C@H](CO[C@H]2O[C@H](COS(=O)(=O)c3ccc(C)cc3)[C@@H](OC(=O)c3ccccc3)[C@H](OC(=O)c3ccccc3)[C@@H]2OC(=O)c2ccccc2)[C@@H](OCc2ccccc2)[C@H](OCc2ccccc2)[C@@H]1OCc1ccccc1. The number of aryl methyl sites for hydroxylation is 1. The van der Waals surface area contributed by atoms with Crippen molar-refractivity contribution in [3.63, 3.8) is 0 Å². The molecule has 0 spiro atoms. The van der Waals surface area contributed by atoms with Gasteiger partial charge in [0, 0.05) is 6.61 Å². The Balaban J connectivity index is 1.12. The zero-order valence-electron chi connectivity index (χ0n) is 48.3. The molecule has 452 valence electrons. The van der Waals surface area contributed by atoms with Gasteiger partial charge in [0.2, 0.25) is 0 Å². The van der Waals surface area contributed by atoms with Crippen molar-refractivity contribution >= 4 is 28.0 Å². The van der Waals surface area contributed by atoms with Gasteiger partial charge in [-0.3, -0.25) is 4.18 Å². The highest BCUT2D eigenvalue weighted by Gasteiger charge is 2.55. The molecule has 2 saturated heterocycles. The molecule has 0 bridgehead atoms. The van der Waals surface area contributed by atoms with E-state index in [-0.39, 0.29) is 41.4 Å². The van der Waals surface area contributed by atoms with E-state index < -0.39 is 103 Å². The Morgan fingerprint density at radius 3 is 1.28 bits per heavy atom. The molecule has 2 fully saturated rings. The van der Waals surface area contributed by atoms with Crippen molar-refractivity contribution in [1.29, 1.82) is 0 Å². The van der Waals surface area contributed by atoms with Crippen molar-refractivity contribution in [2.24, 2.45) is 0 Å². The summed E-state index contributed by atoms with van der Waals surface area (Å²) in [6.07, 6.45) is -7.37. The Bertz CT molecular complexity index is 3250. The van der Waals surface area contributed by atoms with Crippen LogP contribution in [0.4, 0.5) is 0 Å². The molecule has 17 heteroatoms. The molecule has 9 rings (SSSR count). The van der Waals surface area contributed by atoms with E-state index in [0.717, 1.165) is 60.8 Å². The van der Waals surface area contributed by atoms with Crippen molar-refractivity contribution in [3.8, 4) is 0 Å². The Hall–Kier alpha value is -7.42. The van der Waals surface area contributed by atoms with Crippen LogP contribution >= 0.6 is 0 Å². The lowest BCUT2D eigenvalue weighted by atomic mass is 9.96. The van der Waals surface area contributed by atoms with E-state index >= 15 is 0 Å². The molecular weight excluding hydrogens is 1120 g/mol. The quantitative estimate of drug-likeness (QED) is 0.0179.